The fourth-order valence-corrected chi connectivity index (χ4v) is 5.64. The first-order valence-electron chi connectivity index (χ1n) is 12.5. The summed E-state index contributed by atoms with van der Waals surface area (Å²) in [5, 5.41) is 12.8. The Morgan fingerprint density at radius 1 is 1.17 bits per heavy atom. The second-order valence-electron chi connectivity index (χ2n) is 9.69. The van der Waals surface area contributed by atoms with Crippen LogP contribution in [0.2, 0.25) is 0 Å². The van der Waals surface area contributed by atoms with Crippen molar-refractivity contribution in [2.24, 2.45) is 0 Å². The maximum absolute atomic E-state index is 13.3. The van der Waals surface area contributed by atoms with Gasteiger partial charge in [0.1, 0.15) is 6.04 Å². The first-order chi connectivity index (χ1) is 17.6. The first-order valence-corrected chi connectivity index (χ1v) is 12.5. The Labute approximate surface area is 209 Å². The van der Waals surface area contributed by atoms with E-state index in [-0.39, 0.29) is 24.8 Å². The summed E-state index contributed by atoms with van der Waals surface area (Å²) in [7, 11) is 3.69. The number of carbonyl (C=O) groups excluding carboxylic acids is 1. The largest absolute Gasteiger partial charge is 0.492 e. The van der Waals surface area contributed by atoms with E-state index in [4.69, 9.17) is 14.2 Å². The van der Waals surface area contributed by atoms with Crippen molar-refractivity contribution in [2.75, 3.05) is 34.0 Å². The van der Waals surface area contributed by atoms with E-state index >= 15 is 0 Å². The predicted octanol–water partition coefficient (Wildman–Crippen LogP) is 2.99. The topological polar surface area (TPSA) is 94.8 Å². The van der Waals surface area contributed by atoms with E-state index in [0.29, 0.717) is 28.6 Å². The summed E-state index contributed by atoms with van der Waals surface area (Å²) >= 11 is 0. The van der Waals surface area contributed by atoms with Crippen LogP contribution in [-0.4, -0.2) is 76.0 Å². The van der Waals surface area contributed by atoms with Crippen LogP contribution in [0.25, 0.3) is 5.69 Å². The van der Waals surface area contributed by atoms with Gasteiger partial charge in [0.05, 0.1) is 12.8 Å². The minimum Gasteiger partial charge on any atom is -0.492 e. The quantitative estimate of drug-likeness (QED) is 0.551. The van der Waals surface area contributed by atoms with E-state index in [9.17, 15) is 4.79 Å². The molecule has 2 atom stereocenters. The smallest absolute Gasteiger partial charge is 0.254 e. The maximum atomic E-state index is 13.3. The molecular formula is C26H30N6O4. The molecule has 36 heavy (non-hydrogen) atoms. The van der Waals surface area contributed by atoms with Crippen LogP contribution in [-0.2, 0) is 6.42 Å². The Bertz CT molecular complexity index is 1310. The molecule has 10 heteroatoms. The number of methoxy groups -OCH3 is 1. The number of rotatable bonds is 4. The van der Waals surface area contributed by atoms with Gasteiger partial charge in [-0.05, 0) is 79.9 Å². The fourth-order valence-electron chi connectivity index (χ4n) is 5.64. The van der Waals surface area contributed by atoms with Gasteiger partial charge < -0.3 is 19.1 Å². The number of hydrogen-bond donors (Lipinski definition) is 0. The average Bonchev–Trinajstić information content (AvgIpc) is 3.57. The van der Waals surface area contributed by atoms with Gasteiger partial charge in [0.15, 0.2) is 17.3 Å². The number of benzene rings is 2. The van der Waals surface area contributed by atoms with Gasteiger partial charge in [0.25, 0.3) is 5.91 Å². The van der Waals surface area contributed by atoms with Gasteiger partial charge in [-0.25, -0.2) is 0 Å². The molecule has 3 aromatic rings. The Morgan fingerprint density at radius 2 is 2.06 bits per heavy atom. The third kappa shape index (κ3) is 3.67. The Morgan fingerprint density at radius 3 is 2.89 bits per heavy atom. The standard InChI is InChI=1S/C26H30N6O4/c1-16-7-4-5-11-31(16)26(33)18-8-6-9-19(13-18)32-25(27-28-29-32)22-21-17(10-12-30(22)2)14-20-23(24(21)34-3)36-15-35-20/h6,8-9,13-14,16,22H,4-5,7,10-12,15H2,1-3H3. The normalized spacial score (nSPS) is 21.4. The summed E-state index contributed by atoms with van der Waals surface area (Å²) in [5.41, 5.74) is 3.48. The third-order valence-corrected chi connectivity index (χ3v) is 7.54. The molecule has 6 rings (SSSR count). The second kappa shape index (κ2) is 9.09. The summed E-state index contributed by atoms with van der Waals surface area (Å²) in [6.07, 6.45) is 4.09. The highest BCUT2D eigenvalue weighted by atomic mass is 16.7. The number of tetrazole rings is 1. The zero-order valence-corrected chi connectivity index (χ0v) is 20.8. The van der Waals surface area contributed by atoms with Crippen molar-refractivity contribution in [1.82, 2.24) is 30.0 Å². The van der Waals surface area contributed by atoms with Crippen LogP contribution in [0.1, 0.15) is 59.5 Å². The number of hydrogen-bond acceptors (Lipinski definition) is 8. The number of carbonyl (C=O) groups is 1. The molecule has 0 aliphatic carbocycles. The van der Waals surface area contributed by atoms with Crippen molar-refractivity contribution in [3.05, 3.63) is 52.8 Å². The molecule has 0 N–H and O–H groups in total. The van der Waals surface area contributed by atoms with Gasteiger partial charge in [-0.3, -0.25) is 9.69 Å². The zero-order chi connectivity index (χ0) is 24.8. The molecule has 4 heterocycles. The molecule has 0 spiro atoms. The van der Waals surface area contributed by atoms with E-state index in [0.717, 1.165) is 49.2 Å². The third-order valence-electron chi connectivity index (χ3n) is 7.54. The van der Waals surface area contributed by atoms with E-state index in [1.165, 1.54) is 6.42 Å². The highest BCUT2D eigenvalue weighted by Crippen LogP contribution is 2.50. The lowest BCUT2D eigenvalue weighted by atomic mass is 9.90. The Balaban J connectivity index is 1.41. The highest BCUT2D eigenvalue weighted by molar-refractivity contribution is 5.95. The summed E-state index contributed by atoms with van der Waals surface area (Å²) in [6, 6.07) is 9.57. The first kappa shape index (κ1) is 22.8. The van der Waals surface area contributed by atoms with Gasteiger partial charge in [0, 0.05) is 30.3 Å². The van der Waals surface area contributed by atoms with Crippen molar-refractivity contribution >= 4 is 5.91 Å². The lowest BCUT2D eigenvalue weighted by Gasteiger charge is -2.35. The van der Waals surface area contributed by atoms with Gasteiger partial charge in [-0.2, -0.15) is 4.68 Å². The minimum absolute atomic E-state index is 0.0492. The molecule has 0 radical (unpaired) electrons. The Kier molecular flexibility index (Phi) is 5.75. The van der Waals surface area contributed by atoms with Gasteiger partial charge >= 0.3 is 0 Å². The van der Waals surface area contributed by atoms with Crippen LogP contribution in [0.15, 0.2) is 30.3 Å². The Hall–Kier alpha value is -3.66. The molecule has 1 amide bonds. The SMILES string of the molecule is COc1c2c(cc3c1C(c1nnnn1-c1cccc(C(=O)N4CCCCC4C)c1)N(C)CC3)OCO2. The molecule has 2 unspecified atom stereocenters. The number of amides is 1. The van der Waals surface area contributed by atoms with Crippen LogP contribution in [0, 0.1) is 0 Å². The molecule has 2 aromatic carbocycles. The monoisotopic (exact) mass is 490 g/mol. The highest BCUT2D eigenvalue weighted by Gasteiger charge is 2.38. The lowest BCUT2D eigenvalue weighted by molar-refractivity contribution is 0.0635. The summed E-state index contributed by atoms with van der Waals surface area (Å²) in [4.78, 5) is 17.5. The van der Waals surface area contributed by atoms with E-state index in [1.807, 2.05) is 42.3 Å². The average molecular weight is 491 g/mol. The molecule has 0 saturated carbocycles. The molecule has 1 saturated heterocycles. The number of ether oxygens (including phenoxy) is 3. The van der Waals surface area contributed by atoms with Crippen molar-refractivity contribution in [1.29, 1.82) is 0 Å². The molecular weight excluding hydrogens is 460 g/mol. The van der Waals surface area contributed by atoms with Crippen molar-refractivity contribution in [3.8, 4) is 22.9 Å². The van der Waals surface area contributed by atoms with Gasteiger partial charge in [-0.1, -0.05) is 6.07 Å². The van der Waals surface area contributed by atoms with E-state index in [1.54, 1.807) is 11.8 Å². The van der Waals surface area contributed by atoms with Crippen LogP contribution >= 0.6 is 0 Å². The van der Waals surface area contributed by atoms with Crippen molar-refractivity contribution in [2.45, 2.75) is 44.7 Å². The molecule has 0 bridgehead atoms. The van der Waals surface area contributed by atoms with E-state index in [2.05, 4.69) is 27.3 Å². The number of piperidine rings is 1. The fraction of sp³-hybridized carbons (Fsp3) is 0.462. The molecule has 1 fully saturated rings. The van der Waals surface area contributed by atoms with Crippen LogP contribution in [0.5, 0.6) is 17.2 Å². The molecule has 3 aliphatic heterocycles. The summed E-state index contributed by atoms with van der Waals surface area (Å²) < 4.78 is 19.0. The molecule has 10 nitrogen and oxygen atoms in total. The molecule has 3 aliphatic rings. The van der Waals surface area contributed by atoms with E-state index < -0.39 is 0 Å². The number of likely N-dealkylation sites (tertiary alicyclic amines) is 1. The zero-order valence-electron chi connectivity index (χ0n) is 20.8. The predicted molar refractivity (Wildman–Crippen MR) is 131 cm³/mol. The number of fused-ring (bicyclic) bond motifs is 2. The van der Waals surface area contributed by atoms with Crippen molar-refractivity contribution < 1.29 is 19.0 Å². The van der Waals surface area contributed by atoms with Gasteiger partial charge in [-0.15, -0.1) is 5.10 Å². The van der Waals surface area contributed by atoms with Gasteiger partial charge in [0.2, 0.25) is 12.5 Å². The van der Waals surface area contributed by atoms with Crippen LogP contribution in [0.3, 0.4) is 0 Å². The summed E-state index contributed by atoms with van der Waals surface area (Å²) in [6.45, 7) is 3.90. The van der Waals surface area contributed by atoms with Crippen molar-refractivity contribution in [3.63, 3.8) is 0 Å². The minimum atomic E-state index is -0.269. The number of aromatic nitrogens is 4. The summed E-state index contributed by atoms with van der Waals surface area (Å²) in [5.74, 6) is 2.65. The lowest BCUT2D eigenvalue weighted by Crippen LogP contribution is -2.42. The van der Waals surface area contributed by atoms with Crippen LogP contribution in [0.4, 0.5) is 0 Å². The number of likely N-dealkylation sites (N-methyl/N-ethyl adjacent to an activating group) is 1. The molecule has 188 valence electrons. The van der Waals surface area contributed by atoms with Crippen LogP contribution < -0.4 is 14.2 Å². The number of nitrogens with zero attached hydrogens (tertiary/aromatic N) is 6. The maximum Gasteiger partial charge on any atom is 0.254 e. The second-order valence-corrected chi connectivity index (χ2v) is 9.69. The molecule has 1 aromatic heterocycles.